The van der Waals surface area contributed by atoms with Crippen molar-refractivity contribution in [3.05, 3.63) is 12.4 Å². The highest BCUT2D eigenvalue weighted by Gasteiger charge is 2.01. The van der Waals surface area contributed by atoms with Crippen molar-refractivity contribution in [2.24, 2.45) is 0 Å². The normalized spacial score (nSPS) is 12.5. The molecule has 1 aromatic rings. The van der Waals surface area contributed by atoms with Gasteiger partial charge < -0.3 is 11.1 Å². The second kappa shape index (κ2) is 4.91. The average Bonchev–Trinajstić information content (AvgIpc) is 2.04. The van der Waals surface area contributed by atoms with E-state index in [4.69, 9.17) is 5.73 Å². The number of nitrogens with two attached hydrogens (primary N) is 1. The summed E-state index contributed by atoms with van der Waals surface area (Å²) in [6.07, 6.45) is 3.54. The van der Waals surface area contributed by atoms with Crippen LogP contribution in [0, 0.1) is 0 Å². The Labute approximate surface area is 82.3 Å². The van der Waals surface area contributed by atoms with E-state index in [-0.39, 0.29) is 0 Å². The first-order valence-electron chi connectivity index (χ1n) is 4.05. The van der Waals surface area contributed by atoms with Gasteiger partial charge in [-0.05, 0) is 13.2 Å². The number of hydrogen-bond acceptors (Lipinski definition) is 5. The summed E-state index contributed by atoms with van der Waals surface area (Å²) in [6, 6.07) is 2.13. The number of thioether (sulfide) groups is 1. The third-order valence-corrected chi connectivity index (χ3v) is 2.33. The van der Waals surface area contributed by atoms with Crippen molar-refractivity contribution in [3.63, 3.8) is 0 Å². The fourth-order valence-electron chi connectivity index (χ4n) is 0.995. The molecule has 0 spiro atoms. The number of nitrogens with one attached hydrogen (secondary N) is 1. The van der Waals surface area contributed by atoms with Crippen molar-refractivity contribution in [2.45, 2.75) is 13.0 Å². The van der Waals surface area contributed by atoms with Gasteiger partial charge in [0.15, 0.2) is 0 Å². The monoisotopic (exact) mass is 198 g/mol. The molecule has 0 aromatic carbocycles. The van der Waals surface area contributed by atoms with Gasteiger partial charge >= 0.3 is 0 Å². The van der Waals surface area contributed by atoms with Gasteiger partial charge in [-0.1, -0.05) is 0 Å². The molecule has 0 fully saturated rings. The second-order valence-corrected chi connectivity index (χ2v) is 3.74. The average molecular weight is 198 g/mol. The van der Waals surface area contributed by atoms with Crippen molar-refractivity contribution < 1.29 is 0 Å². The summed E-state index contributed by atoms with van der Waals surface area (Å²) >= 11 is 1.80. The van der Waals surface area contributed by atoms with Crippen molar-refractivity contribution >= 4 is 23.4 Å². The number of anilines is 2. The van der Waals surface area contributed by atoms with Crippen LogP contribution < -0.4 is 11.1 Å². The van der Waals surface area contributed by atoms with Crippen molar-refractivity contribution in [3.8, 4) is 0 Å². The van der Waals surface area contributed by atoms with Gasteiger partial charge in [0.05, 0.1) is 0 Å². The van der Waals surface area contributed by atoms with Gasteiger partial charge in [0.1, 0.15) is 18.0 Å². The zero-order valence-corrected chi connectivity index (χ0v) is 8.64. The lowest BCUT2D eigenvalue weighted by molar-refractivity contribution is 0.900. The Balaban J connectivity index is 2.53. The molecule has 3 N–H and O–H groups in total. The number of aromatic nitrogens is 2. The predicted octanol–water partition coefficient (Wildman–Crippen LogP) is 1.22. The smallest absolute Gasteiger partial charge is 0.131 e. The maximum atomic E-state index is 5.51. The van der Waals surface area contributed by atoms with Gasteiger partial charge in [-0.15, -0.1) is 0 Å². The van der Waals surface area contributed by atoms with E-state index in [9.17, 15) is 0 Å². The van der Waals surface area contributed by atoms with Crippen LogP contribution in [-0.4, -0.2) is 28.0 Å². The molecule has 5 heteroatoms. The van der Waals surface area contributed by atoms with Gasteiger partial charge in [-0.25, -0.2) is 9.97 Å². The molecule has 0 aliphatic carbocycles. The summed E-state index contributed by atoms with van der Waals surface area (Å²) in [4.78, 5) is 7.86. The SMILES string of the molecule is CSCC(C)Nc1cc(N)ncn1. The van der Waals surface area contributed by atoms with E-state index >= 15 is 0 Å². The first-order valence-corrected chi connectivity index (χ1v) is 5.44. The van der Waals surface area contributed by atoms with Crippen LogP contribution in [0.2, 0.25) is 0 Å². The molecular weight excluding hydrogens is 184 g/mol. The Morgan fingerprint density at radius 2 is 2.38 bits per heavy atom. The topological polar surface area (TPSA) is 63.8 Å². The van der Waals surface area contributed by atoms with Gasteiger partial charge in [0.25, 0.3) is 0 Å². The molecule has 0 aliphatic rings. The zero-order valence-electron chi connectivity index (χ0n) is 7.82. The number of nitrogen functional groups attached to an aromatic ring is 1. The standard InChI is InChI=1S/C8H14N4S/c1-6(4-13-2)12-8-3-7(9)10-5-11-8/h3,5-6H,4H2,1-2H3,(H3,9,10,11,12). The second-order valence-electron chi connectivity index (χ2n) is 2.83. The molecule has 1 atom stereocenters. The third-order valence-electron chi connectivity index (χ3n) is 1.50. The molecule has 0 bridgehead atoms. The van der Waals surface area contributed by atoms with E-state index in [0.717, 1.165) is 11.6 Å². The molecule has 0 amide bonds. The van der Waals surface area contributed by atoms with Crippen LogP contribution in [-0.2, 0) is 0 Å². The molecule has 0 saturated heterocycles. The molecule has 72 valence electrons. The third kappa shape index (κ3) is 3.50. The van der Waals surface area contributed by atoms with E-state index in [0.29, 0.717) is 11.9 Å². The minimum absolute atomic E-state index is 0.393. The van der Waals surface area contributed by atoms with Crippen LogP contribution >= 0.6 is 11.8 Å². The molecular formula is C8H14N4S. The molecule has 1 heterocycles. The highest BCUT2D eigenvalue weighted by atomic mass is 32.2. The zero-order chi connectivity index (χ0) is 9.68. The van der Waals surface area contributed by atoms with Crippen LogP contribution in [0.4, 0.5) is 11.6 Å². The summed E-state index contributed by atoms with van der Waals surface area (Å²) in [7, 11) is 0. The Kier molecular flexibility index (Phi) is 3.82. The summed E-state index contributed by atoms with van der Waals surface area (Å²) in [5.41, 5.74) is 5.51. The lowest BCUT2D eigenvalue weighted by Crippen LogP contribution is -2.18. The summed E-state index contributed by atoms with van der Waals surface area (Å²) < 4.78 is 0. The predicted molar refractivity (Wildman–Crippen MR) is 57.9 cm³/mol. The summed E-state index contributed by atoms with van der Waals surface area (Å²) in [6.45, 7) is 2.11. The summed E-state index contributed by atoms with van der Waals surface area (Å²) in [5.74, 6) is 2.33. The van der Waals surface area contributed by atoms with Crippen LogP contribution in [0.5, 0.6) is 0 Å². The molecule has 1 unspecified atom stereocenters. The minimum Gasteiger partial charge on any atom is -0.384 e. The Morgan fingerprint density at radius 1 is 1.62 bits per heavy atom. The fraction of sp³-hybridized carbons (Fsp3) is 0.500. The highest BCUT2D eigenvalue weighted by molar-refractivity contribution is 7.98. The van der Waals surface area contributed by atoms with Crippen LogP contribution in [0.1, 0.15) is 6.92 Å². The Bertz CT molecular complexity index is 266. The largest absolute Gasteiger partial charge is 0.384 e. The van der Waals surface area contributed by atoms with Crippen LogP contribution in [0.25, 0.3) is 0 Å². The van der Waals surface area contributed by atoms with E-state index in [2.05, 4.69) is 28.5 Å². The van der Waals surface area contributed by atoms with Crippen molar-refractivity contribution in [1.29, 1.82) is 0 Å². The fourth-order valence-corrected chi connectivity index (χ4v) is 1.58. The van der Waals surface area contributed by atoms with E-state index < -0.39 is 0 Å². The molecule has 4 nitrogen and oxygen atoms in total. The van der Waals surface area contributed by atoms with E-state index in [1.807, 2.05) is 0 Å². The maximum Gasteiger partial charge on any atom is 0.131 e. The molecule has 1 aromatic heterocycles. The lowest BCUT2D eigenvalue weighted by Gasteiger charge is -2.12. The molecule has 1 rings (SSSR count). The van der Waals surface area contributed by atoms with E-state index in [1.54, 1.807) is 17.8 Å². The first kappa shape index (κ1) is 10.1. The highest BCUT2D eigenvalue weighted by Crippen LogP contribution is 2.08. The minimum atomic E-state index is 0.393. The van der Waals surface area contributed by atoms with E-state index in [1.165, 1.54) is 6.33 Å². The van der Waals surface area contributed by atoms with Crippen LogP contribution in [0.15, 0.2) is 12.4 Å². The number of rotatable bonds is 4. The quantitative estimate of drug-likeness (QED) is 0.761. The Morgan fingerprint density at radius 3 is 3.00 bits per heavy atom. The van der Waals surface area contributed by atoms with Gasteiger partial charge in [-0.3, -0.25) is 0 Å². The van der Waals surface area contributed by atoms with Crippen molar-refractivity contribution in [2.75, 3.05) is 23.1 Å². The number of nitrogens with zero attached hydrogens (tertiary/aromatic N) is 2. The van der Waals surface area contributed by atoms with Gasteiger partial charge in [0.2, 0.25) is 0 Å². The summed E-state index contributed by atoms with van der Waals surface area (Å²) in [5, 5.41) is 3.23. The maximum absolute atomic E-state index is 5.51. The Hall–Kier alpha value is -0.970. The number of hydrogen-bond donors (Lipinski definition) is 2. The molecule has 0 saturated carbocycles. The lowest BCUT2D eigenvalue weighted by atomic mass is 10.4. The van der Waals surface area contributed by atoms with Gasteiger partial charge in [0, 0.05) is 17.9 Å². The molecule has 0 radical (unpaired) electrons. The van der Waals surface area contributed by atoms with Crippen molar-refractivity contribution in [1.82, 2.24) is 9.97 Å². The molecule has 13 heavy (non-hydrogen) atoms. The van der Waals surface area contributed by atoms with Crippen LogP contribution in [0.3, 0.4) is 0 Å². The molecule has 0 aliphatic heterocycles. The first-order chi connectivity index (χ1) is 6.22. The van der Waals surface area contributed by atoms with Gasteiger partial charge in [-0.2, -0.15) is 11.8 Å².